The van der Waals surface area contributed by atoms with Gasteiger partial charge in [0.05, 0.1) is 18.5 Å². The van der Waals surface area contributed by atoms with E-state index < -0.39 is 0 Å². The fourth-order valence-electron chi connectivity index (χ4n) is 1.55. The maximum absolute atomic E-state index is 11.7. The first-order valence-corrected chi connectivity index (χ1v) is 5.97. The van der Waals surface area contributed by atoms with E-state index >= 15 is 0 Å². The van der Waals surface area contributed by atoms with Crippen molar-refractivity contribution < 1.29 is 9.53 Å². The molecule has 1 N–H and O–H groups in total. The molecule has 1 heterocycles. The summed E-state index contributed by atoms with van der Waals surface area (Å²) in [5, 5.41) is 10.5. The highest BCUT2D eigenvalue weighted by molar-refractivity contribution is 5.91. The van der Waals surface area contributed by atoms with Crippen LogP contribution in [0.25, 0.3) is 5.69 Å². The van der Waals surface area contributed by atoms with Crippen LogP contribution in [0, 0.1) is 6.92 Å². The van der Waals surface area contributed by atoms with E-state index in [-0.39, 0.29) is 11.6 Å². The van der Waals surface area contributed by atoms with Crippen molar-refractivity contribution in [2.45, 2.75) is 6.92 Å². The molecule has 1 amide bonds. The standard InChI is InChI=1S/C13H16N4O2/c1-10-3-5-11(6-4-10)17-9-12(15-16-17)13(18)14-7-8-19-2/h3-6,9H,7-8H2,1-2H3,(H,14,18). The molecular formula is C13H16N4O2. The van der Waals surface area contributed by atoms with Crippen LogP contribution in [0.15, 0.2) is 30.5 Å². The molecule has 2 aromatic rings. The highest BCUT2D eigenvalue weighted by Crippen LogP contribution is 2.08. The molecule has 0 saturated carbocycles. The number of amides is 1. The number of hydrogen-bond donors (Lipinski definition) is 1. The minimum Gasteiger partial charge on any atom is -0.383 e. The Morgan fingerprint density at radius 2 is 2.11 bits per heavy atom. The number of ether oxygens (including phenoxy) is 1. The van der Waals surface area contributed by atoms with Gasteiger partial charge in [-0.15, -0.1) is 5.10 Å². The zero-order valence-electron chi connectivity index (χ0n) is 11.0. The van der Waals surface area contributed by atoms with E-state index in [1.807, 2.05) is 31.2 Å². The van der Waals surface area contributed by atoms with E-state index in [0.29, 0.717) is 13.2 Å². The van der Waals surface area contributed by atoms with Gasteiger partial charge in [0.1, 0.15) is 0 Å². The Bertz CT molecular complexity index is 548. The monoisotopic (exact) mass is 260 g/mol. The van der Waals surface area contributed by atoms with Crippen LogP contribution in [0.2, 0.25) is 0 Å². The Morgan fingerprint density at radius 3 is 2.79 bits per heavy atom. The molecule has 1 aromatic heterocycles. The highest BCUT2D eigenvalue weighted by Gasteiger charge is 2.10. The van der Waals surface area contributed by atoms with E-state index in [4.69, 9.17) is 4.74 Å². The van der Waals surface area contributed by atoms with Crippen molar-refractivity contribution in [3.63, 3.8) is 0 Å². The number of rotatable bonds is 5. The first-order valence-electron chi connectivity index (χ1n) is 5.97. The molecule has 0 bridgehead atoms. The molecule has 0 saturated heterocycles. The Morgan fingerprint density at radius 1 is 1.37 bits per heavy atom. The number of aryl methyl sites for hydroxylation is 1. The van der Waals surface area contributed by atoms with E-state index in [2.05, 4.69) is 15.6 Å². The number of aromatic nitrogens is 3. The maximum atomic E-state index is 11.7. The van der Waals surface area contributed by atoms with E-state index in [1.54, 1.807) is 18.0 Å². The smallest absolute Gasteiger partial charge is 0.273 e. The lowest BCUT2D eigenvalue weighted by Gasteiger charge is -2.01. The second-order valence-corrected chi connectivity index (χ2v) is 4.13. The summed E-state index contributed by atoms with van der Waals surface area (Å²) < 4.78 is 6.43. The van der Waals surface area contributed by atoms with Crippen LogP contribution in [-0.2, 0) is 4.74 Å². The quantitative estimate of drug-likeness (QED) is 0.813. The van der Waals surface area contributed by atoms with Crippen molar-refractivity contribution >= 4 is 5.91 Å². The fourth-order valence-corrected chi connectivity index (χ4v) is 1.55. The van der Waals surface area contributed by atoms with Gasteiger partial charge in [-0.2, -0.15) is 0 Å². The number of methoxy groups -OCH3 is 1. The predicted molar refractivity (Wildman–Crippen MR) is 70.3 cm³/mol. The molecule has 1 aromatic carbocycles. The normalized spacial score (nSPS) is 10.4. The summed E-state index contributed by atoms with van der Waals surface area (Å²) in [7, 11) is 1.58. The third-order valence-corrected chi connectivity index (χ3v) is 2.62. The Labute approximate surface area is 111 Å². The topological polar surface area (TPSA) is 69.0 Å². The number of carbonyl (C=O) groups excluding carboxylic acids is 1. The van der Waals surface area contributed by atoms with E-state index in [0.717, 1.165) is 5.69 Å². The van der Waals surface area contributed by atoms with Gasteiger partial charge in [-0.3, -0.25) is 4.79 Å². The van der Waals surface area contributed by atoms with Crippen molar-refractivity contribution in [3.8, 4) is 5.69 Å². The summed E-state index contributed by atoms with van der Waals surface area (Å²) in [4.78, 5) is 11.7. The van der Waals surface area contributed by atoms with Gasteiger partial charge in [0.2, 0.25) is 0 Å². The van der Waals surface area contributed by atoms with Crippen LogP contribution in [-0.4, -0.2) is 41.2 Å². The molecule has 0 radical (unpaired) electrons. The van der Waals surface area contributed by atoms with Crippen LogP contribution >= 0.6 is 0 Å². The second kappa shape index (κ2) is 6.10. The summed E-state index contributed by atoms with van der Waals surface area (Å²) in [5.41, 5.74) is 2.33. The molecule has 6 nitrogen and oxygen atoms in total. The SMILES string of the molecule is COCCNC(=O)c1cn(-c2ccc(C)cc2)nn1. The summed E-state index contributed by atoms with van der Waals surface area (Å²) in [6.45, 7) is 2.93. The maximum Gasteiger partial charge on any atom is 0.273 e. The van der Waals surface area contributed by atoms with Crippen LogP contribution in [0.3, 0.4) is 0 Å². The second-order valence-electron chi connectivity index (χ2n) is 4.13. The lowest BCUT2D eigenvalue weighted by Crippen LogP contribution is -2.27. The largest absolute Gasteiger partial charge is 0.383 e. The lowest BCUT2D eigenvalue weighted by atomic mass is 10.2. The van der Waals surface area contributed by atoms with Crippen molar-refractivity contribution in [2.75, 3.05) is 20.3 Å². The van der Waals surface area contributed by atoms with Crippen LogP contribution in [0.1, 0.15) is 16.1 Å². The van der Waals surface area contributed by atoms with Gasteiger partial charge in [-0.25, -0.2) is 4.68 Å². The third-order valence-electron chi connectivity index (χ3n) is 2.62. The highest BCUT2D eigenvalue weighted by atomic mass is 16.5. The zero-order chi connectivity index (χ0) is 13.7. The molecule has 0 spiro atoms. The summed E-state index contributed by atoms with van der Waals surface area (Å²) in [6.07, 6.45) is 1.60. The van der Waals surface area contributed by atoms with Crippen molar-refractivity contribution in [1.29, 1.82) is 0 Å². The molecule has 100 valence electrons. The molecule has 0 unspecified atom stereocenters. The molecular weight excluding hydrogens is 244 g/mol. The van der Waals surface area contributed by atoms with E-state index in [1.165, 1.54) is 5.56 Å². The first kappa shape index (κ1) is 13.2. The molecule has 6 heteroatoms. The van der Waals surface area contributed by atoms with Crippen LogP contribution < -0.4 is 5.32 Å². The van der Waals surface area contributed by atoms with Gasteiger partial charge >= 0.3 is 0 Å². The average molecular weight is 260 g/mol. The zero-order valence-corrected chi connectivity index (χ0v) is 11.0. The molecule has 0 aliphatic heterocycles. The van der Waals surface area contributed by atoms with Crippen molar-refractivity contribution in [1.82, 2.24) is 20.3 Å². The number of nitrogens with zero attached hydrogens (tertiary/aromatic N) is 3. The van der Waals surface area contributed by atoms with Crippen molar-refractivity contribution in [2.24, 2.45) is 0 Å². The number of carbonyl (C=O) groups is 1. The molecule has 0 aliphatic rings. The fraction of sp³-hybridized carbons (Fsp3) is 0.308. The van der Waals surface area contributed by atoms with Gasteiger partial charge in [-0.05, 0) is 19.1 Å². The Kier molecular flexibility index (Phi) is 4.25. The lowest BCUT2D eigenvalue weighted by molar-refractivity contribution is 0.0932. The van der Waals surface area contributed by atoms with Gasteiger partial charge < -0.3 is 10.1 Å². The molecule has 19 heavy (non-hydrogen) atoms. The van der Waals surface area contributed by atoms with Gasteiger partial charge in [0.25, 0.3) is 5.91 Å². The molecule has 0 atom stereocenters. The van der Waals surface area contributed by atoms with Gasteiger partial charge in [-0.1, -0.05) is 22.9 Å². The third kappa shape index (κ3) is 3.38. The molecule has 0 fully saturated rings. The van der Waals surface area contributed by atoms with Crippen molar-refractivity contribution in [3.05, 3.63) is 41.7 Å². The Hall–Kier alpha value is -2.21. The van der Waals surface area contributed by atoms with Gasteiger partial charge in [0.15, 0.2) is 5.69 Å². The average Bonchev–Trinajstić information content (AvgIpc) is 2.89. The van der Waals surface area contributed by atoms with Gasteiger partial charge in [0, 0.05) is 13.7 Å². The minimum atomic E-state index is -0.254. The Balaban J connectivity index is 2.06. The number of hydrogen-bond acceptors (Lipinski definition) is 4. The minimum absolute atomic E-state index is 0.254. The summed E-state index contributed by atoms with van der Waals surface area (Å²) in [6, 6.07) is 7.82. The molecule has 2 rings (SSSR count). The number of nitrogens with one attached hydrogen (secondary N) is 1. The number of benzene rings is 1. The predicted octanol–water partition coefficient (Wildman–Crippen LogP) is 0.952. The van der Waals surface area contributed by atoms with Crippen LogP contribution in [0.4, 0.5) is 0 Å². The van der Waals surface area contributed by atoms with E-state index in [9.17, 15) is 4.79 Å². The molecule has 0 aliphatic carbocycles. The van der Waals surface area contributed by atoms with Crippen LogP contribution in [0.5, 0.6) is 0 Å². The summed E-state index contributed by atoms with van der Waals surface area (Å²) >= 11 is 0. The summed E-state index contributed by atoms with van der Waals surface area (Å²) in [5.74, 6) is -0.254. The first-order chi connectivity index (χ1) is 9.20.